The van der Waals surface area contributed by atoms with E-state index in [1.807, 2.05) is 6.08 Å². The Bertz CT molecular complexity index is 310. The van der Waals surface area contributed by atoms with E-state index in [9.17, 15) is 4.79 Å². The number of carboxylic acids is 1. The number of hydrogen-bond acceptors (Lipinski definition) is 3. The molecule has 0 aliphatic rings. The summed E-state index contributed by atoms with van der Waals surface area (Å²) < 4.78 is 0. The number of carboxylic acid groups (broad SMARTS) is 1. The van der Waals surface area contributed by atoms with Gasteiger partial charge in [-0.25, -0.2) is 9.68 Å². The van der Waals surface area contributed by atoms with Crippen molar-refractivity contribution in [3.05, 3.63) is 24.3 Å². The summed E-state index contributed by atoms with van der Waals surface area (Å²) in [6.07, 6.45) is 18.6. The van der Waals surface area contributed by atoms with E-state index < -0.39 is 5.97 Å². The van der Waals surface area contributed by atoms with Crippen LogP contribution in [0.3, 0.4) is 0 Å². The van der Waals surface area contributed by atoms with Crippen LogP contribution in [0.2, 0.25) is 0 Å². The highest BCUT2D eigenvalue weighted by Crippen LogP contribution is 2.14. The van der Waals surface area contributed by atoms with E-state index in [1.54, 1.807) is 6.08 Å². The Kier molecular flexibility index (Phi) is 15.4. The van der Waals surface area contributed by atoms with Gasteiger partial charge in [0, 0.05) is 6.08 Å². The number of rotatable bonds is 15. The van der Waals surface area contributed by atoms with Gasteiger partial charge in [-0.3, -0.25) is 5.26 Å². The molecule has 0 heterocycles. The van der Waals surface area contributed by atoms with Gasteiger partial charge >= 0.3 is 5.97 Å². The largest absolute Gasteiger partial charge is 0.478 e. The minimum Gasteiger partial charge on any atom is -0.478 e. The van der Waals surface area contributed by atoms with Crippen LogP contribution in [0.1, 0.15) is 77.6 Å². The van der Waals surface area contributed by atoms with E-state index in [-0.39, 0.29) is 6.10 Å². The predicted octanol–water partition coefficient (Wildman–Crippen LogP) is 5.35. The molecule has 4 heteroatoms. The van der Waals surface area contributed by atoms with Crippen LogP contribution in [-0.4, -0.2) is 22.4 Å². The second-order valence-corrected chi connectivity index (χ2v) is 5.69. The lowest BCUT2D eigenvalue weighted by Crippen LogP contribution is -2.10. The van der Waals surface area contributed by atoms with Gasteiger partial charge in [0.2, 0.25) is 0 Å². The number of hydrogen-bond donors (Lipinski definition) is 2. The van der Waals surface area contributed by atoms with Crippen LogP contribution in [0.4, 0.5) is 0 Å². The number of aliphatic carboxylic acids is 1. The van der Waals surface area contributed by atoms with Crippen LogP contribution >= 0.6 is 0 Å². The normalized spacial score (nSPS) is 13.2. The molecule has 4 nitrogen and oxygen atoms in total. The van der Waals surface area contributed by atoms with Crippen LogP contribution < -0.4 is 0 Å². The molecule has 0 fully saturated rings. The summed E-state index contributed by atoms with van der Waals surface area (Å²) in [6, 6.07) is 0. The van der Waals surface area contributed by atoms with Crippen LogP contribution in [0.25, 0.3) is 0 Å². The second-order valence-electron chi connectivity index (χ2n) is 5.69. The monoisotopic (exact) mass is 312 g/mol. The zero-order chi connectivity index (χ0) is 16.5. The molecule has 0 aromatic heterocycles. The van der Waals surface area contributed by atoms with E-state index in [0.717, 1.165) is 38.2 Å². The molecule has 0 radical (unpaired) electrons. The third-order valence-corrected chi connectivity index (χ3v) is 3.66. The summed E-state index contributed by atoms with van der Waals surface area (Å²) in [5.74, 6) is -0.937. The molecule has 0 spiro atoms. The van der Waals surface area contributed by atoms with Crippen molar-refractivity contribution < 1.29 is 20.0 Å². The van der Waals surface area contributed by atoms with E-state index in [0.29, 0.717) is 0 Å². The maximum absolute atomic E-state index is 10.3. The van der Waals surface area contributed by atoms with Crippen molar-refractivity contribution in [3.63, 3.8) is 0 Å². The van der Waals surface area contributed by atoms with Crippen molar-refractivity contribution in [2.75, 3.05) is 0 Å². The topological polar surface area (TPSA) is 66.8 Å². The van der Waals surface area contributed by atoms with Gasteiger partial charge in [0.15, 0.2) is 0 Å². The number of unbranched alkanes of at least 4 members (excludes halogenated alkanes) is 7. The Hall–Kier alpha value is -1.13. The first-order valence-electron chi connectivity index (χ1n) is 8.57. The van der Waals surface area contributed by atoms with Gasteiger partial charge < -0.3 is 5.11 Å². The fourth-order valence-electron chi connectivity index (χ4n) is 2.35. The molecule has 128 valence electrons. The summed E-state index contributed by atoms with van der Waals surface area (Å²) >= 11 is 0. The summed E-state index contributed by atoms with van der Waals surface area (Å²) in [4.78, 5) is 14.8. The first-order valence-corrected chi connectivity index (χ1v) is 8.57. The number of allylic oxidation sites excluding steroid dienone is 3. The van der Waals surface area contributed by atoms with Crippen molar-refractivity contribution in [2.24, 2.45) is 0 Å². The maximum Gasteiger partial charge on any atom is 0.328 e. The highest BCUT2D eigenvalue weighted by molar-refractivity contribution is 5.80. The maximum atomic E-state index is 10.3. The SMILES string of the molecule is CCCCCCCCCC(CCCC=CC=CC(=O)O)OO. The van der Waals surface area contributed by atoms with Gasteiger partial charge in [0.05, 0.1) is 6.10 Å². The smallest absolute Gasteiger partial charge is 0.328 e. The van der Waals surface area contributed by atoms with Gasteiger partial charge in [-0.05, 0) is 25.7 Å². The van der Waals surface area contributed by atoms with E-state index in [2.05, 4.69) is 11.8 Å². The summed E-state index contributed by atoms with van der Waals surface area (Å²) in [6.45, 7) is 2.22. The Morgan fingerprint density at radius 3 is 2.27 bits per heavy atom. The highest BCUT2D eigenvalue weighted by Gasteiger charge is 2.07. The Morgan fingerprint density at radius 2 is 1.64 bits per heavy atom. The first-order chi connectivity index (χ1) is 10.7. The lowest BCUT2D eigenvalue weighted by atomic mass is 10.0. The molecule has 0 aromatic carbocycles. The van der Waals surface area contributed by atoms with Crippen molar-refractivity contribution in [3.8, 4) is 0 Å². The van der Waals surface area contributed by atoms with Crippen LogP contribution in [-0.2, 0) is 9.68 Å². The molecule has 0 aromatic rings. The molecular formula is C18H32O4. The average Bonchev–Trinajstić information content (AvgIpc) is 2.50. The highest BCUT2D eigenvalue weighted by atomic mass is 17.1. The predicted molar refractivity (Wildman–Crippen MR) is 89.9 cm³/mol. The third kappa shape index (κ3) is 15.3. The van der Waals surface area contributed by atoms with Crippen LogP contribution in [0.15, 0.2) is 24.3 Å². The molecule has 0 rings (SSSR count). The molecule has 0 aliphatic heterocycles. The molecular weight excluding hydrogens is 280 g/mol. The van der Waals surface area contributed by atoms with Crippen molar-refractivity contribution in [1.29, 1.82) is 0 Å². The van der Waals surface area contributed by atoms with E-state index in [1.165, 1.54) is 44.6 Å². The molecule has 1 atom stereocenters. The molecule has 1 unspecified atom stereocenters. The van der Waals surface area contributed by atoms with Gasteiger partial charge in [-0.15, -0.1) is 0 Å². The fraction of sp³-hybridized carbons (Fsp3) is 0.722. The zero-order valence-corrected chi connectivity index (χ0v) is 13.9. The summed E-state index contributed by atoms with van der Waals surface area (Å²) in [5, 5.41) is 17.3. The van der Waals surface area contributed by atoms with Gasteiger partial charge in [0.1, 0.15) is 0 Å². The zero-order valence-electron chi connectivity index (χ0n) is 13.9. The Morgan fingerprint density at radius 1 is 1.00 bits per heavy atom. The van der Waals surface area contributed by atoms with Crippen molar-refractivity contribution in [2.45, 2.75) is 83.7 Å². The van der Waals surface area contributed by atoms with E-state index >= 15 is 0 Å². The first kappa shape index (κ1) is 20.9. The van der Waals surface area contributed by atoms with Crippen molar-refractivity contribution in [1.82, 2.24) is 0 Å². The standard InChI is InChI=1S/C18H32O4/c1-2-3-4-5-6-8-11-14-17(22-21)15-12-9-7-10-13-16-18(19)20/h7,10,13,16-17,21H,2-6,8-9,11-12,14-15H2,1H3,(H,19,20). The second kappa shape index (κ2) is 16.2. The number of carbonyl (C=O) groups is 1. The molecule has 0 saturated heterocycles. The van der Waals surface area contributed by atoms with Crippen LogP contribution in [0.5, 0.6) is 0 Å². The fourth-order valence-corrected chi connectivity index (χ4v) is 2.35. The van der Waals surface area contributed by atoms with Crippen LogP contribution in [0, 0.1) is 0 Å². The molecule has 0 bridgehead atoms. The van der Waals surface area contributed by atoms with Gasteiger partial charge in [-0.2, -0.15) is 0 Å². The van der Waals surface area contributed by atoms with Crippen molar-refractivity contribution >= 4 is 5.97 Å². The molecule has 22 heavy (non-hydrogen) atoms. The quantitative estimate of drug-likeness (QED) is 0.141. The average molecular weight is 312 g/mol. The minimum absolute atomic E-state index is 0.0707. The summed E-state index contributed by atoms with van der Waals surface area (Å²) in [5.41, 5.74) is 0. The summed E-state index contributed by atoms with van der Waals surface area (Å²) in [7, 11) is 0. The Balaban J connectivity index is 3.52. The lowest BCUT2D eigenvalue weighted by Gasteiger charge is -2.12. The molecule has 0 amide bonds. The molecule has 0 aliphatic carbocycles. The third-order valence-electron chi connectivity index (χ3n) is 3.66. The van der Waals surface area contributed by atoms with Gasteiger partial charge in [-0.1, -0.05) is 70.1 Å². The van der Waals surface area contributed by atoms with E-state index in [4.69, 9.17) is 10.4 Å². The minimum atomic E-state index is -0.937. The lowest BCUT2D eigenvalue weighted by molar-refractivity contribution is -0.281. The molecule has 2 N–H and O–H groups in total. The Labute approximate surface area is 134 Å². The molecule has 0 saturated carbocycles. The van der Waals surface area contributed by atoms with Gasteiger partial charge in [0.25, 0.3) is 0 Å².